The summed E-state index contributed by atoms with van der Waals surface area (Å²) in [5, 5.41) is 8.44. The van der Waals surface area contributed by atoms with Crippen LogP contribution in [-0.4, -0.2) is 32.9 Å². The molecule has 4 rings (SSSR count). The smallest absolute Gasteiger partial charge is 0.266 e. The molecule has 2 aliphatic rings. The van der Waals surface area contributed by atoms with Gasteiger partial charge < -0.3 is 4.52 Å². The van der Waals surface area contributed by atoms with E-state index in [0.717, 1.165) is 50.5 Å². The fraction of sp³-hybridized carbons (Fsp3) is 0.611. The highest BCUT2D eigenvalue weighted by atomic mass is 16.5. The molecular weight excluding hydrogens is 304 g/mol. The van der Waals surface area contributed by atoms with Crippen LogP contribution >= 0.6 is 0 Å². The third-order valence-electron chi connectivity index (χ3n) is 5.27. The van der Waals surface area contributed by atoms with Gasteiger partial charge in [0.15, 0.2) is 0 Å². The molecular formula is C18H24N4O2. The van der Waals surface area contributed by atoms with Crippen molar-refractivity contribution in [2.75, 3.05) is 13.1 Å². The van der Waals surface area contributed by atoms with Gasteiger partial charge in [0.2, 0.25) is 0 Å². The normalized spacial score (nSPS) is 19.7. The summed E-state index contributed by atoms with van der Waals surface area (Å²) in [7, 11) is 0. The van der Waals surface area contributed by atoms with Crippen LogP contribution in [0.15, 0.2) is 27.6 Å². The van der Waals surface area contributed by atoms with E-state index < -0.39 is 0 Å². The second kappa shape index (κ2) is 6.51. The molecule has 2 aromatic rings. The van der Waals surface area contributed by atoms with Crippen LogP contribution in [0.3, 0.4) is 0 Å². The minimum Gasteiger partial charge on any atom is -0.361 e. The van der Waals surface area contributed by atoms with Crippen molar-refractivity contribution in [3.05, 3.63) is 45.7 Å². The van der Waals surface area contributed by atoms with Crippen molar-refractivity contribution in [1.82, 2.24) is 19.8 Å². The molecule has 3 heterocycles. The van der Waals surface area contributed by atoms with Crippen molar-refractivity contribution in [2.24, 2.45) is 5.92 Å². The Balaban J connectivity index is 1.34. The molecule has 2 fully saturated rings. The number of nitrogens with zero attached hydrogens (tertiary/aromatic N) is 4. The summed E-state index contributed by atoms with van der Waals surface area (Å²) in [5.74, 6) is 2.03. The first-order valence-electron chi connectivity index (χ1n) is 8.89. The number of hydrogen-bond donors (Lipinski definition) is 0. The number of hydrogen-bond acceptors (Lipinski definition) is 5. The monoisotopic (exact) mass is 328 g/mol. The summed E-state index contributed by atoms with van der Waals surface area (Å²) in [5.41, 5.74) is 2.29. The van der Waals surface area contributed by atoms with Crippen LogP contribution in [0.2, 0.25) is 0 Å². The van der Waals surface area contributed by atoms with Crippen molar-refractivity contribution in [2.45, 2.75) is 51.6 Å². The van der Waals surface area contributed by atoms with Crippen molar-refractivity contribution in [3.8, 4) is 0 Å². The van der Waals surface area contributed by atoms with E-state index in [0.29, 0.717) is 11.8 Å². The molecule has 24 heavy (non-hydrogen) atoms. The lowest BCUT2D eigenvalue weighted by atomic mass is 9.96. The molecule has 0 N–H and O–H groups in total. The fourth-order valence-electron chi connectivity index (χ4n) is 3.48. The molecule has 128 valence electrons. The molecule has 1 saturated carbocycles. The molecule has 6 nitrogen and oxygen atoms in total. The Hall–Kier alpha value is -1.95. The number of likely N-dealkylation sites (tertiary alicyclic amines) is 1. The summed E-state index contributed by atoms with van der Waals surface area (Å²) in [6, 6.07) is 3.59. The fourth-order valence-corrected chi connectivity index (χ4v) is 3.48. The summed E-state index contributed by atoms with van der Waals surface area (Å²) < 4.78 is 6.82. The quantitative estimate of drug-likeness (QED) is 0.843. The van der Waals surface area contributed by atoms with E-state index in [9.17, 15) is 4.79 Å². The molecule has 6 heteroatoms. The second-order valence-corrected chi connectivity index (χ2v) is 7.18. The van der Waals surface area contributed by atoms with Crippen LogP contribution < -0.4 is 5.56 Å². The maximum absolute atomic E-state index is 12.1. The summed E-state index contributed by atoms with van der Waals surface area (Å²) in [6.07, 6.45) is 6.45. The SMILES string of the molecule is Cc1oncc1CN1CCC(Cn2nc(C3CC3)ccc2=O)CC1. The van der Waals surface area contributed by atoms with E-state index in [1.54, 1.807) is 10.7 Å². The Bertz CT molecular complexity index is 754. The summed E-state index contributed by atoms with van der Waals surface area (Å²) in [4.78, 5) is 14.5. The lowest BCUT2D eigenvalue weighted by Gasteiger charge is -2.31. The Morgan fingerprint density at radius 2 is 2.00 bits per heavy atom. The average molecular weight is 328 g/mol. The Morgan fingerprint density at radius 3 is 2.67 bits per heavy atom. The zero-order valence-electron chi connectivity index (χ0n) is 14.1. The standard InChI is InChI=1S/C18H24N4O2/c1-13-16(10-19-24-13)12-21-8-6-14(7-9-21)11-22-18(23)5-4-17(20-22)15-2-3-15/h4-5,10,14-15H,2-3,6-9,11-12H2,1H3. The third-order valence-corrected chi connectivity index (χ3v) is 5.27. The van der Waals surface area contributed by atoms with E-state index in [1.807, 2.05) is 19.2 Å². The van der Waals surface area contributed by atoms with Crippen LogP contribution in [0.4, 0.5) is 0 Å². The molecule has 2 aromatic heterocycles. The van der Waals surface area contributed by atoms with E-state index in [4.69, 9.17) is 4.52 Å². The van der Waals surface area contributed by atoms with Gasteiger partial charge in [-0.1, -0.05) is 5.16 Å². The number of aromatic nitrogens is 3. The molecule has 1 aliphatic heterocycles. The highest BCUT2D eigenvalue weighted by molar-refractivity contribution is 5.13. The predicted molar refractivity (Wildman–Crippen MR) is 89.7 cm³/mol. The maximum Gasteiger partial charge on any atom is 0.266 e. The highest BCUT2D eigenvalue weighted by Crippen LogP contribution is 2.38. The lowest BCUT2D eigenvalue weighted by molar-refractivity contribution is 0.162. The van der Waals surface area contributed by atoms with Crippen molar-refractivity contribution >= 4 is 0 Å². The number of rotatable bonds is 5. The van der Waals surface area contributed by atoms with E-state index in [2.05, 4.69) is 15.2 Å². The van der Waals surface area contributed by atoms with Gasteiger partial charge in [-0.3, -0.25) is 9.69 Å². The maximum atomic E-state index is 12.1. The minimum atomic E-state index is 0.0296. The molecule has 1 saturated heterocycles. The van der Waals surface area contributed by atoms with Crippen molar-refractivity contribution in [3.63, 3.8) is 0 Å². The lowest BCUT2D eigenvalue weighted by Crippen LogP contribution is -2.36. The molecule has 0 amide bonds. The van der Waals surface area contributed by atoms with Gasteiger partial charge in [-0.05, 0) is 57.7 Å². The first kappa shape index (κ1) is 15.6. The molecule has 0 spiro atoms. The molecule has 1 aliphatic carbocycles. The molecule has 0 unspecified atom stereocenters. The predicted octanol–water partition coefficient (Wildman–Crippen LogP) is 2.33. The van der Waals surface area contributed by atoms with Crippen LogP contribution in [0.25, 0.3) is 0 Å². The first-order valence-corrected chi connectivity index (χ1v) is 8.89. The van der Waals surface area contributed by atoms with Gasteiger partial charge in [-0.2, -0.15) is 5.10 Å². The molecule has 0 aromatic carbocycles. The van der Waals surface area contributed by atoms with Crippen LogP contribution in [-0.2, 0) is 13.1 Å². The van der Waals surface area contributed by atoms with Gasteiger partial charge in [-0.25, -0.2) is 4.68 Å². The summed E-state index contributed by atoms with van der Waals surface area (Å²) in [6.45, 7) is 5.70. The molecule has 0 radical (unpaired) electrons. The minimum absolute atomic E-state index is 0.0296. The first-order chi connectivity index (χ1) is 11.7. The van der Waals surface area contributed by atoms with Gasteiger partial charge in [0.1, 0.15) is 5.76 Å². The van der Waals surface area contributed by atoms with Gasteiger partial charge in [0, 0.05) is 30.6 Å². The Kier molecular flexibility index (Phi) is 4.22. The van der Waals surface area contributed by atoms with Gasteiger partial charge in [-0.15, -0.1) is 0 Å². The molecule has 0 atom stereocenters. The van der Waals surface area contributed by atoms with E-state index in [1.165, 1.54) is 18.4 Å². The number of piperidine rings is 1. The Labute approximate surface area is 141 Å². The zero-order chi connectivity index (χ0) is 16.5. The average Bonchev–Trinajstić information content (AvgIpc) is 3.36. The van der Waals surface area contributed by atoms with Crippen molar-refractivity contribution < 1.29 is 4.52 Å². The Morgan fingerprint density at radius 1 is 1.21 bits per heavy atom. The topological polar surface area (TPSA) is 64.2 Å². The zero-order valence-corrected chi connectivity index (χ0v) is 14.1. The van der Waals surface area contributed by atoms with Crippen LogP contribution in [0, 0.1) is 12.8 Å². The largest absolute Gasteiger partial charge is 0.361 e. The molecule has 0 bridgehead atoms. The van der Waals surface area contributed by atoms with E-state index >= 15 is 0 Å². The van der Waals surface area contributed by atoms with Crippen LogP contribution in [0.5, 0.6) is 0 Å². The van der Waals surface area contributed by atoms with Crippen molar-refractivity contribution in [1.29, 1.82) is 0 Å². The number of aryl methyl sites for hydroxylation is 1. The summed E-state index contributed by atoms with van der Waals surface area (Å²) >= 11 is 0. The van der Waals surface area contributed by atoms with Gasteiger partial charge in [0.05, 0.1) is 11.9 Å². The third kappa shape index (κ3) is 3.43. The van der Waals surface area contributed by atoms with Crippen LogP contribution in [0.1, 0.15) is 48.6 Å². The van der Waals surface area contributed by atoms with Gasteiger partial charge >= 0.3 is 0 Å². The van der Waals surface area contributed by atoms with Gasteiger partial charge in [0.25, 0.3) is 5.56 Å². The second-order valence-electron chi connectivity index (χ2n) is 7.18. The highest BCUT2D eigenvalue weighted by Gasteiger charge is 2.26. The van der Waals surface area contributed by atoms with E-state index in [-0.39, 0.29) is 5.56 Å².